The Kier molecular flexibility index (Phi) is 7.01. The van der Waals surface area contributed by atoms with Crippen LogP contribution in [0.25, 0.3) is 5.57 Å². The van der Waals surface area contributed by atoms with Gasteiger partial charge in [-0.2, -0.15) is 4.68 Å². The summed E-state index contributed by atoms with van der Waals surface area (Å²) in [5, 5.41) is 4.94. The number of allylic oxidation sites excluding steroid dienone is 6. The molecule has 1 saturated carbocycles. The van der Waals surface area contributed by atoms with Crippen molar-refractivity contribution in [3.8, 4) is 0 Å². The Morgan fingerprint density at radius 3 is 2.70 bits per heavy atom. The highest BCUT2D eigenvalue weighted by Crippen LogP contribution is 2.35. The first-order chi connectivity index (χ1) is 18.2. The number of nitrogens with zero attached hydrogens (tertiary/aromatic N) is 6. The van der Waals surface area contributed by atoms with Gasteiger partial charge in [-0.3, -0.25) is 0 Å². The van der Waals surface area contributed by atoms with E-state index >= 15 is 0 Å². The first-order valence-electron chi connectivity index (χ1n) is 14.1. The molecule has 6 heteroatoms. The van der Waals surface area contributed by atoms with Crippen molar-refractivity contribution in [2.24, 2.45) is 21.8 Å². The van der Waals surface area contributed by atoms with Crippen molar-refractivity contribution in [2.45, 2.75) is 64.3 Å². The summed E-state index contributed by atoms with van der Waals surface area (Å²) in [4.78, 5) is 17.3. The van der Waals surface area contributed by atoms with Crippen molar-refractivity contribution in [3.63, 3.8) is 0 Å². The van der Waals surface area contributed by atoms with Crippen LogP contribution in [0, 0.1) is 11.8 Å². The first-order valence-corrected chi connectivity index (χ1v) is 14.1. The Labute approximate surface area is 220 Å². The first kappa shape index (κ1) is 24.2. The Morgan fingerprint density at radius 2 is 1.92 bits per heavy atom. The van der Waals surface area contributed by atoms with Crippen molar-refractivity contribution in [3.05, 3.63) is 77.4 Å². The Morgan fingerprint density at radius 1 is 1.08 bits per heavy atom. The molecule has 6 nitrogen and oxygen atoms in total. The van der Waals surface area contributed by atoms with Crippen LogP contribution >= 0.6 is 0 Å². The van der Waals surface area contributed by atoms with Crippen molar-refractivity contribution in [2.75, 3.05) is 19.6 Å². The number of fused-ring (bicyclic) bond motifs is 1. The Balaban J connectivity index is 1.16. The van der Waals surface area contributed by atoms with Gasteiger partial charge >= 0.3 is 0 Å². The third-order valence-corrected chi connectivity index (χ3v) is 8.29. The molecule has 2 unspecified atom stereocenters. The van der Waals surface area contributed by atoms with Gasteiger partial charge in [0, 0.05) is 30.7 Å². The van der Waals surface area contributed by atoms with E-state index in [0.29, 0.717) is 29.8 Å². The Bertz CT molecular complexity index is 1260. The zero-order valence-electron chi connectivity index (χ0n) is 22.1. The summed E-state index contributed by atoms with van der Waals surface area (Å²) in [5.74, 6) is 4.23. The van der Waals surface area contributed by atoms with Crippen LogP contribution in [0.5, 0.6) is 0 Å². The van der Waals surface area contributed by atoms with Crippen LogP contribution in [-0.4, -0.2) is 57.5 Å². The fourth-order valence-corrected chi connectivity index (χ4v) is 5.74. The second-order valence-electron chi connectivity index (χ2n) is 11.1. The van der Waals surface area contributed by atoms with Gasteiger partial charge in [0.25, 0.3) is 0 Å². The fourth-order valence-electron chi connectivity index (χ4n) is 5.74. The van der Waals surface area contributed by atoms with E-state index in [0.717, 1.165) is 56.1 Å². The molecule has 3 heterocycles. The summed E-state index contributed by atoms with van der Waals surface area (Å²) in [6, 6.07) is 11.4. The topological polar surface area (TPSA) is 58.7 Å². The molecule has 0 N–H and O–H groups in total. The predicted molar refractivity (Wildman–Crippen MR) is 151 cm³/mol. The minimum Gasteiger partial charge on any atom is -0.303 e. The van der Waals surface area contributed by atoms with Gasteiger partial charge in [0.2, 0.25) is 5.96 Å². The highest BCUT2D eigenvalue weighted by molar-refractivity contribution is 5.93. The summed E-state index contributed by atoms with van der Waals surface area (Å²) >= 11 is 0. The van der Waals surface area contributed by atoms with Gasteiger partial charge in [-0.1, -0.05) is 67.1 Å². The number of benzene rings is 1. The average molecular weight is 495 g/mol. The maximum Gasteiger partial charge on any atom is 0.247 e. The molecule has 1 aromatic carbocycles. The second-order valence-corrected chi connectivity index (χ2v) is 11.1. The van der Waals surface area contributed by atoms with E-state index < -0.39 is 0 Å². The molecule has 0 spiro atoms. The molecule has 4 aliphatic rings. The lowest BCUT2D eigenvalue weighted by Crippen LogP contribution is -2.37. The lowest BCUT2D eigenvalue weighted by molar-refractivity contribution is 0.172. The molecule has 2 aromatic rings. The number of hydrogen-bond acceptors (Lipinski definition) is 5. The highest BCUT2D eigenvalue weighted by Gasteiger charge is 2.39. The van der Waals surface area contributed by atoms with Crippen LogP contribution in [0.2, 0.25) is 0 Å². The lowest BCUT2D eigenvalue weighted by atomic mass is 9.91. The molecular weight excluding hydrogens is 456 g/mol. The predicted octanol–water partition coefficient (Wildman–Crippen LogP) is 5.69. The molecule has 192 valence electrons. The van der Waals surface area contributed by atoms with Crippen LogP contribution in [0.1, 0.15) is 69.1 Å². The van der Waals surface area contributed by atoms with Gasteiger partial charge in [-0.05, 0) is 69.5 Å². The van der Waals surface area contributed by atoms with E-state index in [1.807, 2.05) is 4.68 Å². The summed E-state index contributed by atoms with van der Waals surface area (Å²) in [5.41, 5.74) is 3.87. The molecule has 37 heavy (non-hydrogen) atoms. The molecule has 3 atom stereocenters. The molecule has 0 radical (unpaired) electrons. The lowest BCUT2D eigenvalue weighted by Gasteiger charge is -2.34. The number of hydrogen-bond donors (Lipinski definition) is 0. The zero-order valence-corrected chi connectivity index (χ0v) is 22.1. The van der Waals surface area contributed by atoms with Crippen LogP contribution < -0.4 is 0 Å². The van der Waals surface area contributed by atoms with E-state index in [-0.39, 0.29) is 0 Å². The maximum atomic E-state index is 5.06. The molecule has 6 rings (SSSR count). The van der Waals surface area contributed by atoms with Crippen molar-refractivity contribution < 1.29 is 0 Å². The number of piperidine rings is 1. The molecule has 2 aliphatic carbocycles. The van der Waals surface area contributed by atoms with Gasteiger partial charge < -0.3 is 4.90 Å². The third kappa shape index (κ3) is 5.59. The molecule has 0 bridgehead atoms. The summed E-state index contributed by atoms with van der Waals surface area (Å²) in [7, 11) is 0. The fraction of sp³-hybridized carbons (Fsp3) is 0.484. The molecule has 1 aromatic heterocycles. The van der Waals surface area contributed by atoms with E-state index in [4.69, 9.17) is 15.1 Å². The molecule has 2 aliphatic heterocycles. The van der Waals surface area contributed by atoms with Crippen molar-refractivity contribution >= 4 is 17.7 Å². The normalized spacial score (nSPS) is 24.6. The van der Waals surface area contributed by atoms with E-state index in [1.165, 1.54) is 30.4 Å². The number of rotatable bonds is 7. The number of likely N-dealkylation sites (tertiary alicyclic amines) is 1. The van der Waals surface area contributed by atoms with Crippen molar-refractivity contribution in [1.29, 1.82) is 0 Å². The summed E-state index contributed by atoms with van der Waals surface area (Å²) in [6.45, 7) is 7.92. The van der Waals surface area contributed by atoms with Gasteiger partial charge in [0.05, 0.1) is 6.04 Å². The zero-order chi connectivity index (χ0) is 25.2. The number of aromatic nitrogens is 3. The Hall–Kier alpha value is -3.12. The standard InChI is InChI=1S/C31H38N6/c1-3-24(25-9-5-4-6-10-25)21-36-16-14-23(15-17-36)18-29-34-30(26-11-7-8-22(2)12-13-26)35-37(29)31-32-20-27-19-28(27)33-31/h4-7,9-13,20,23-24,27-28H,3,8,14-19,21H2,1-2H3/t24-,27?,28?/m1/s1. The summed E-state index contributed by atoms with van der Waals surface area (Å²) in [6.07, 6.45) is 17.3. The SMILES string of the molecule is CC[C@H](CN1CCC(Cc2nc(C3=CC=C(C)CC=C3)nn2C2=NC3CC3C=N2)CC1)c1ccccc1. The summed E-state index contributed by atoms with van der Waals surface area (Å²) < 4.78 is 1.94. The second kappa shape index (κ2) is 10.7. The largest absolute Gasteiger partial charge is 0.303 e. The van der Waals surface area contributed by atoms with Crippen LogP contribution in [0.4, 0.5) is 0 Å². The van der Waals surface area contributed by atoms with Gasteiger partial charge in [0.1, 0.15) is 5.82 Å². The van der Waals surface area contributed by atoms with E-state index in [9.17, 15) is 0 Å². The van der Waals surface area contributed by atoms with Crippen LogP contribution in [0.15, 0.2) is 70.2 Å². The van der Waals surface area contributed by atoms with Gasteiger partial charge in [-0.15, -0.1) is 5.10 Å². The quantitative estimate of drug-likeness (QED) is 0.497. The van der Waals surface area contributed by atoms with Crippen LogP contribution in [0.3, 0.4) is 0 Å². The van der Waals surface area contributed by atoms with Gasteiger partial charge in [-0.25, -0.2) is 15.0 Å². The van der Waals surface area contributed by atoms with Gasteiger partial charge in [0.15, 0.2) is 5.82 Å². The van der Waals surface area contributed by atoms with E-state index in [1.54, 1.807) is 0 Å². The minimum absolute atomic E-state index is 0.384. The van der Waals surface area contributed by atoms with Crippen LogP contribution in [-0.2, 0) is 6.42 Å². The third-order valence-electron chi connectivity index (χ3n) is 8.29. The minimum atomic E-state index is 0.384. The average Bonchev–Trinajstić information content (AvgIpc) is 3.65. The molecular formula is C31H38N6. The molecule has 0 amide bonds. The van der Waals surface area contributed by atoms with Crippen molar-refractivity contribution in [1.82, 2.24) is 19.7 Å². The van der Waals surface area contributed by atoms with E-state index in [2.05, 4.69) is 84.6 Å². The smallest absolute Gasteiger partial charge is 0.247 e. The highest BCUT2D eigenvalue weighted by atomic mass is 15.4. The number of aliphatic imine (C=N–C) groups is 2. The molecule has 2 fully saturated rings. The monoisotopic (exact) mass is 494 g/mol. The molecule has 1 saturated heterocycles. The maximum absolute atomic E-state index is 5.06.